The van der Waals surface area contributed by atoms with Crippen LogP contribution in [0.1, 0.15) is 27.9 Å². The molecule has 0 aromatic heterocycles. The highest BCUT2D eigenvalue weighted by molar-refractivity contribution is 7.92. The third-order valence-electron chi connectivity index (χ3n) is 4.01. The Morgan fingerprint density at radius 3 is 2.57 bits per heavy atom. The fourth-order valence-electron chi connectivity index (χ4n) is 2.89. The number of benzene rings is 2. The summed E-state index contributed by atoms with van der Waals surface area (Å²) in [6, 6.07) is 14.5. The maximum Gasteiger partial charge on any atom is 0.181 e. The molecule has 1 aliphatic heterocycles. The smallest absolute Gasteiger partial charge is 0.181 e. The number of aryl methyl sites for hydroxylation is 1. The van der Waals surface area contributed by atoms with Gasteiger partial charge in [0.05, 0.1) is 10.1 Å². The zero-order chi connectivity index (χ0) is 14.9. The van der Waals surface area contributed by atoms with E-state index in [1.807, 2.05) is 30.3 Å². The molecule has 1 atom stereocenters. The summed E-state index contributed by atoms with van der Waals surface area (Å²) in [6.45, 7) is 0. The molecule has 0 amide bonds. The Balaban J connectivity index is 1.95. The summed E-state index contributed by atoms with van der Waals surface area (Å²) in [4.78, 5) is 11.2. The molecule has 0 aliphatic carbocycles. The lowest BCUT2D eigenvalue weighted by atomic mass is 10.0. The van der Waals surface area contributed by atoms with Gasteiger partial charge in [-0.3, -0.25) is 4.79 Å². The molecule has 2 aromatic rings. The average Bonchev–Trinajstić information content (AvgIpc) is 2.51. The van der Waals surface area contributed by atoms with Gasteiger partial charge in [-0.2, -0.15) is 0 Å². The molecular weight excluding hydrogens is 284 g/mol. The summed E-state index contributed by atoms with van der Waals surface area (Å²) in [5.41, 5.74) is 2.34. The number of carbonyl (C=O) groups excluding carboxylic acids is 1. The van der Waals surface area contributed by atoms with Crippen molar-refractivity contribution in [2.75, 3.05) is 0 Å². The molecule has 0 saturated carbocycles. The lowest BCUT2D eigenvalue weighted by Gasteiger charge is -2.25. The number of carbonyl (C=O) groups is 1. The molecule has 0 N–H and O–H groups in total. The fourth-order valence-corrected chi connectivity index (χ4v) is 4.87. The van der Waals surface area contributed by atoms with E-state index in [1.165, 1.54) is 0 Å². The summed E-state index contributed by atoms with van der Waals surface area (Å²) in [7, 11) is -3.32. The van der Waals surface area contributed by atoms with Gasteiger partial charge in [-0.25, -0.2) is 8.42 Å². The molecule has 2 aromatic carbocycles. The van der Waals surface area contributed by atoms with E-state index in [1.54, 1.807) is 18.2 Å². The number of fused-ring (bicyclic) bond motifs is 1. The van der Waals surface area contributed by atoms with Crippen LogP contribution in [0.4, 0.5) is 0 Å². The van der Waals surface area contributed by atoms with E-state index in [4.69, 9.17) is 0 Å². The van der Waals surface area contributed by atoms with Crippen molar-refractivity contribution >= 4 is 16.1 Å². The minimum Gasteiger partial charge on any atom is -0.298 e. The van der Waals surface area contributed by atoms with Crippen molar-refractivity contribution in [3.05, 3.63) is 65.2 Å². The van der Waals surface area contributed by atoms with E-state index in [-0.39, 0.29) is 5.25 Å². The van der Waals surface area contributed by atoms with E-state index in [9.17, 15) is 13.2 Å². The summed E-state index contributed by atoms with van der Waals surface area (Å²) in [6.07, 6.45) is 2.60. The molecule has 1 unspecified atom stereocenters. The van der Waals surface area contributed by atoms with Crippen LogP contribution in [0, 0.1) is 0 Å². The number of aldehydes is 1. The highest BCUT2D eigenvalue weighted by atomic mass is 32.2. The molecular formula is C17H16O3S. The summed E-state index contributed by atoms with van der Waals surface area (Å²) in [5, 5.41) is -0.380. The molecule has 1 heterocycles. The Morgan fingerprint density at radius 2 is 1.86 bits per heavy atom. The molecule has 0 fully saturated rings. The van der Waals surface area contributed by atoms with Crippen LogP contribution in [0.25, 0.3) is 0 Å². The largest absolute Gasteiger partial charge is 0.298 e. The van der Waals surface area contributed by atoms with Crippen molar-refractivity contribution in [2.24, 2.45) is 0 Å². The van der Waals surface area contributed by atoms with Crippen molar-refractivity contribution in [1.29, 1.82) is 0 Å². The Morgan fingerprint density at radius 1 is 1.10 bits per heavy atom. The first-order valence-electron chi connectivity index (χ1n) is 6.97. The predicted octanol–water partition coefficient (Wildman–Crippen LogP) is 2.83. The van der Waals surface area contributed by atoms with E-state index in [0.29, 0.717) is 29.7 Å². The monoisotopic (exact) mass is 300 g/mol. The van der Waals surface area contributed by atoms with Crippen LogP contribution in [0.15, 0.2) is 53.4 Å². The van der Waals surface area contributed by atoms with Gasteiger partial charge in [0.1, 0.15) is 6.29 Å². The molecule has 0 saturated heterocycles. The minimum atomic E-state index is -3.32. The standard InChI is InChI=1S/C17H16O3S/c18-12-14-6-9-17-15(10-14)7-8-16(21(17,19)20)11-13-4-2-1-3-5-13/h1-6,9-10,12,16H,7-8,11H2. The second-order valence-electron chi connectivity index (χ2n) is 5.38. The SMILES string of the molecule is O=Cc1ccc2c(c1)CCC(Cc1ccccc1)S2(=O)=O. The quantitative estimate of drug-likeness (QED) is 0.819. The van der Waals surface area contributed by atoms with Crippen LogP contribution in [0.5, 0.6) is 0 Å². The fraction of sp³-hybridized carbons (Fsp3) is 0.235. The van der Waals surface area contributed by atoms with Crippen molar-refractivity contribution in [3.63, 3.8) is 0 Å². The van der Waals surface area contributed by atoms with Crippen LogP contribution in [-0.4, -0.2) is 20.0 Å². The molecule has 0 spiro atoms. The maximum absolute atomic E-state index is 12.7. The summed E-state index contributed by atoms with van der Waals surface area (Å²) >= 11 is 0. The van der Waals surface area contributed by atoms with Crippen LogP contribution < -0.4 is 0 Å². The number of rotatable bonds is 3. The van der Waals surface area contributed by atoms with Crippen LogP contribution >= 0.6 is 0 Å². The van der Waals surface area contributed by atoms with E-state index in [0.717, 1.165) is 17.4 Å². The van der Waals surface area contributed by atoms with Crippen molar-refractivity contribution < 1.29 is 13.2 Å². The molecule has 4 heteroatoms. The predicted molar refractivity (Wildman–Crippen MR) is 81.3 cm³/mol. The van der Waals surface area contributed by atoms with Crippen molar-refractivity contribution in [2.45, 2.75) is 29.4 Å². The molecule has 1 aliphatic rings. The van der Waals surface area contributed by atoms with Gasteiger partial charge in [0.15, 0.2) is 9.84 Å². The first kappa shape index (κ1) is 14.0. The highest BCUT2D eigenvalue weighted by Gasteiger charge is 2.33. The maximum atomic E-state index is 12.7. The summed E-state index contributed by atoms with van der Waals surface area (Å²) in [5.74, 6) is 0. The van der Waals surface area contributed by atoms with Crippen LogP contribution in [0.3, 0.4) is 0 Å². The Hall–Kier alpha value is -1.94. The molecule has 3 nitrogen and oxygen atoms in total. The second-order valence-corrected chi connectivity index (χ2v) is 7.58. The third-order valence-corrected chi connectivity index (χ3v) is 6.30. The third kappa shape index (κ3) is 2.63. The lowest BCUT2D eigenvalue weighted by Crippen LogP contribution is -2.29. The average molecular weight is 300 g/mol. The van der Waals surface area contributed by atoms with E-state index >= 15 is 0 Å². The molecule has 3 rings (SSSR count). The zero-order valence-electron chi connectivity index (χ0n) is 11.5. The number of hydrogen-bond donors (Lipinski definition) is 0. The van der Waals surface area contributed by atoms with Crippen LogP contribution in [0.2, 0.25) is 0 Å². The normalized spacial score (nSPS) is 19.7. The van der Waals surface area contributed by atoms with Gasteiger partial charge in [-0.05, 0) is 42.5 Å². The Labute approximate surface area is 124 Å². The Bertz CT molecular complexity index is 764. The van der Waals surface area contributed by atoms with Gasteiger partial charge < -0.3 is 0 Å². The first-order valence-corrected chi connectivity index (χ1v) is 8.52. The van der Waals surface area contributed by atoms with E-state index < -0.39 is 9.84 Å². The van der Waals surface area contributed by atoms with Crippen LogP contribution in [-0.2, 0) is 22.7 Å². The topological polar surface area (TPSA) is 51.2 Å². The van der Waals surface area contributed by atoms with Crippen molar-refractivity contribution in [3.8, 4) is 0 Å². The zero-order valence-corrected chi connectivity index (χ0v) is 12.3. The minimum absolute atomic E-state index is 0.380. The van der Waals surface area contributed by atoms with Gasteiger partial charge in [-0.15, -0.1) is 0 Å². The number of hydrogen-bond acceptors (Lipinski definition) is 3. The van der Waals surface area contributed by atoms with Crippen molar-refractivity contribution in [1.82, 2.24) is 0 Å². The lowest BCUT2D eigenvalue weighted by molar-refractivity contribution is 0.112. The van der Waals surface area contributed by atoms with Gasteiger partial charge in [0, 0.05) is 5.56 Å². The van der Waals surface area contributed by atoms with Gasteiger partial charge in [0.25, 0.3) is 0 Å². The molecule has 0 radical (unpaired) electrons. The first-order chi connectivity index (χ1) is 10.1. The van der Waals surface area contributed by atoms with Gasteiger partial charge >= 0.3 is 0 Å². The molecule has 108 valence electrons. The Kier molecular flexibility index (Phi) is 3.64. The van der Waals surface area contributed by atoms with Gasteiger partial charge in [-0.1, -0.05) is 36.4 Å². The summed E-state index contributed by atoms with van der Waals surface area (Å²) < 4.78 is 25.4. The number of sulfone groups is 1. The highest BCUT2D eigenvalue weighted by Crippen LogP contribution is 2.32. The second kappa shape index (κ2) is 5.45. The van der Waals surface area contributed by atoms with E-state index in [2.05, 4.69) is 0 Å². The van der Waals surface area contributed by atoms with Gasteiger partial charge in [0.2, 0.25) is 0 Å². The molecule has 21 heavy (non-hydrogen) atoms. The molecule has 0 bridgehead atoms.